The third-order valence-corrected chi connectivity index (χ3v) is 12.9. The number of hydrogen-bond acceptors (Lipinski definition) is 4. The lowest BCUT2D eigenvalue weighted by molar-refractivity contribution is 1.02. The molecule has 236 valence electrons. The first-order valence-electron chi connectivity index (χ1n) is 17.2. The SMILES string of the molecule is c1ccc(-c2nc(-n3c4ccccc4c4c5ccc6c(sc7ccc8ccccc8c76)c5c5c6ccccc6sc5c43)nc3ccccc23)cc1. The predicted molar refractivity (Wildman–Crippen MR) is 220 cm³/mol. The number of aromatic nitrogens is 3. The van der Waals surface area contributed by atoms with Crippen LogP contribution in [0.5, 0.6) is 0 Å². The van der Waals surface area contributed by atoms with E-state index in [-0.39, 0.29) is 0 Å². The number of para-hydroxylation sites is 2. The van der Waals surface area contributed by atoms with Crippen LogP contribution in [0.25, 0.3) is 112 Å². The lowest BCUT2D eigenvalue weighted by atomic mass is 9.96. The van der Waals surface area contributed by atoms with Crippen molar-refractivity contribution in [3.05, 3.63) is 152 Å². The molecule has 0 unspecified atom stereocenters. The molecule has 0 saturated heterocycles. The van der Waals surface area contributed by atoms with Gasteiger partial charge >= 0.3 is 0 Å². The molecule has 0 atom stereocenters. The lowest BCUT2D eigenvalue weighted by Gasteiger charge is -2.13. The molecular formula is C46H25N3S2. The molecular weight excluding hydrogens is 659 g/mol. The average molecular weight is 684 g/mol. The number of rotatable bonds is 2. The number of hydrogen-bond donors (Lipinski definition) is 0. The van der Waals surface area contributed by atoms with Crippen molar-refractivity contribution in [2.45, 2.75) is 0 Å². The molecule has 4 heterocycles. The molecule has 0 fully saturated rings. The first-order valence-corrected chi connectivity index (χ1v) is 18.8. The van der Waals surface area contributed by atoms with Crippen molar-refractivity contribution < 1.29 is 0 Å². The van der Waals surface area contributed by atoms with Gasteiger partial charge in [0, 0.05) is 62.8 Å². The highest BCUT2D eigenvalue weighted by atomic mass is 32.1. The molecule has 0 aliphatic heterocycles. The summed E-state index contributed by atoms with van der Waals surface area (Å²) in [6.07, 6.45) is 0. The van der Waals surface area contributed by atoms with E-state index in [1.807, 2.05) is 22.7 Å². The van der Waals surface area contributed by atoms with Gasteiger partial charge in [-0.05, 0) is 40.4 Å². The molecule has 0 radical (unpaired) electrons. The topological polar surface area (TPSA) is 30.7 Å². The standard InChI is InChI=1S/C46H25N3S2/c1-2-13-27(14-3-1)42-29-16-6-9-19-34(29)47-46(48-42)49-35-20-10-7-17-30(35)39-32-23-24-33-38-28-15-5-4-12-26(28)22-25-37(38)51-44(33)41(32)40-31-18-8-11-21-36(31)50-45(40)43(39)49/h1-25H. The Balaban J connectivity index is 1.32. The van der Waals surface area contributed by atoms with Gasteiger partial charge in [-0.3, -0.25) is 4.57 Å². The van der Waals surface area contributed by atoms with Crippen molar-refractivity contribution in [1.29, 1.82) is 0 Å². The third-order valence-electron chi connectivity index (χ3n) is 10.6. The van der Waals surface area contributed by atoms with E-state index in [1.165, 1.54) is 78.2 Å². The summed E-state index contributed by atoms with van der Waals surface area (Å²) >= 11 is 3.80. The summed E-state index contributed by atoms with van der Waals surface area (Å²) in [7, 11) is 0. The Labute approximate surface area is 299 Å². The van der Waals surface area contributed by atoms with Crippen LogP contribution in [0, 0.1) is 0 Å². The van der Waals surface area contributed by atoms with Gasteiger partial charge < -0.3 is 0 Å². The Bertz CT molecular complexity index is 3420. The quantitative estimate of drug-likeness (QED) is 0.182. The highest BCUT2D eigenvalue weighted by Crippen LogP contribution is 2.52. The second kappa shape index (κ2) is 10.2. The van der Waals surface area contributed by atoms with Gasteiger partial charge in [-0.15, -0.1) is 22.7 Å². The minimum Gasteiger partial charge on any atom is -0.276 e. The van der Waals surface area contributed by atoms with Crippen molar-refractivity contribution >= 4 is 117 Å². The van der Waals surface area contributed by atoms with Crippen LogP contribution in [-0.4, -0.2) is 14.5 Å². The highest BCUT2D eigenvalue weighted by Gasteiger charge is 2.25. The van der Waals surface area contributed by atoms with Crippen LogP contribution in [0.4, 0.5) is 0 Å². The first-order chi connectivity index (χ1) is 25.3. The summed E-state index contributed by atoms with van der Waals surface area (Å²) in [6, 6.07) is 54.7. The van der Waals surface area contributed by atoms with E-state index in [9.17, 15) is 0 Å². The summed E-state index contributed by atoms with van der Waals surface area (Å²) in [5.74, 6) is 0.686. The maximum Gasteiger partial charge on any atom is 0.235 e. The van der Waals surface area contributed by atoms with Gasteiger partial charge in [-0.1, -0.05) is 127 Å². The summed E-state index contributed by atoms with van der Waals surface area (Å²) in [5, 5.41) is 14.0. The molecule has 3 nitrogen and oxygen atoms in total. The molecule has 8 aromatic carbocycles. The molecule has 5 heteroatoms. The predicted octanol–water partition coefficient (Wildman–Crippen LogP) is 13.4. The van der Waals surface area contributed by atoms with Crippen molar-refractivity contribution in [3.63, 3.8) is 0 Å². The second-order valence-electron chi connectivity index (χ2n) is 13.3. The zero-order valence-electron chi connectivity index (χ0n) is 27.1. The molecule has 0 amide bonds. The van der Waals surface area contributed by atoms with Gasteiger partial charge in [0.1, 0.15) is 0 Å². The first kappa shape index (κ1) is 27.7. The maximum absolute atomic E-state index is 5.42. The zero-order chi connectivity index (χ0) is 33.2. The Morgan fingerprint density at radius 1 is 0.412 bits per heavy atom. The van der Waals surface area contributed by atoms with Crippen LogP contribution < -0.4 is 0 Å². The molecule has 0 saturated carbocycles. The van der Waals surface area contributed by atoms with Crippen molar-refractivity contribution in [2.24, 2.45) is 0 Å². The summed E-state index contributed by atoms with van der Waals surface area (Å²) in [5.41, 5.74) is 5.22. The van der Waals surface area contributed by atoms with E-state index >= 15 is 0 Å². The maximum atomic E-state index is 5.42. The summed E-state index contributed by atoms with van der Waals surface area (Å²) in [4.78, 5) is 10.7. The molecule has 12 aromatic rings. The van der Waals surface area contributed by atoms with Gasteiger partial charge in [0.05, 0.1) is 26.9 Å². The van der Waals surface area contributed by atoms with E-state index < -0.39 is 0 Å². The number of thiophene rings is 2. The smallest absolute Gasteiger partial charge is 0.235 e. The molecule has 0 bridgehead atoms. The Hall–Kier alpha value is -6.14. The molecule has 12 rings (SSSR count). The number of fused-ring (bicyclic) bond motifs is 17. The fourth-order valence-corrected chi connectivity index (χ4v) is 11.0. The van der Waals surface area contributed by atoms with E-state index in [0.717, 1.165) is 27.7 Å². The van der Waals surface area contributed by atoms with Gasteiger partial charge in [0.15, 0.2) is 0 Å². The van der Waals surface area contributed by atoms with Crippen LogP contribution in [0.1, 0.15) is 0 Å². The molecule has 0 aliphatic rings. The van der Waals surface area contributed by atoms with Crippen LogP contribution in [-0.2, 0) is 0 Å². The minimum atomic E-state index is 0.686. The van der Waals surface area contributed by atoms with Gasteiger partial charge in [-0.2, -0.15) is 0 Å². The lowest BCUT2D eigenvalue weighted by Crippen LogP contribution is -2.03. The average Bonchev–Trinajstić information content (AvgIpc) is 3.88. The van der Waals surface area contributed by atoms with E-state index in [4.69, 9.17) is 9.97 Å². The van der Waals surface area contributed by atoms with Gasteiger partial charge in [0.25, 0.3) is 0 Å². The Kier molecular flexibility index (Phi) is 5.53. The van der Waals surface area contributed by atoms with E-state index in [0.29, 0.717) is 5.95 Å². The normalized spacial score (nSPS) is 12.3. The zero-order valence-corrected chi connectivity index (χ0v) is 28.7. The Morgan fingerprint density at radius 3 is 2.00 bits per heavy atom. The molecule has 0 aliphatic carbocycles. The van der Waals surface area contributed by atoms with Crippen LogP contribution in [0.15, 0.2) is 152 Å². The summed E-state index contributed by atoms with van der Waals surface area (Å²) < 4.78 is 7.56. The second-order valence-corrected chi connectivity index (χ2v) is 15.4. The Morgan fingerprint density at radius 2 is 1.10 bits per heavy atom. The van der Waals surface area contributed by atoms with Crippen molar-refractivity contribution in [2.75, 3.05) is 0 Å². The summed E-state index contributed by atoms with van der Waals surface area (Å²) in [6.45, 7) is 0. The van der Waals surface area contributed by atoms with Crippen LogP contribution in [0.2, 0.25) is 0 Å². The van der Waals surface area contributed by atoms with Crippen LogP contribution in [0.3, 0.4) is 0 Å². The number of benzene rings is 8. The van der Waals surface area contributed by atoms with Crippen molar-refractivity contribution in [3.8, 4) is 17.2 Å². The van der Waals surface area contributed by atoms with E-state index in [1.54, 1.807) is 0 Å². The minimum absolute atomic E-state index is 0.686. The molecule has 51 heavy (non-hydrogen) atoms. The van der Waals surface area contributed by atoms with E-state index in [2.05, 4.69) is 156 Å². The largest absolute Gasteiger partial charge is 0.276 e. The molecule has 0 spiro atoms. The highest BCUT2D eigenvalue weighted by molar-refractivity contribution is 7.28. The monoisotopic (exact) mass is 683 g/mol. The van der Waals surface area contributed by atoms with Crippen LogP contribution >= 0.6 is 22.7 Å². The van der Waals surface area contributed by atoms with Crippen molar-refractivity contribution in [1.82, 2.24) is 14.5 Å². The van der Waals surface area contributed by atoms with Gasteiger partial charge in [-0.25, -0.2) is 9.97 Å². The molecule has 0 N–H and O–H groups in total. The third kappa shape index (κ3) is 3.71. The molecule has 4 aromatic heterocycles. The fourth-order valence-electron chi connectivity index (χ4n) is 8.44. The fraction of sp³-hybridized carbons (Fsp3) is 0. The number of nitrogens with zero attached hydrogens (tertiary/aromatic N) is 3. The van der Waals surface area contributed by atoms with Gasteiger partial charge in [0.2, 0.25) is 5.95 Å².